The average Bonchev–Trinajstić information content (AvgIpc) is 2.80. The first-order valence-electron chi connectivity index (χ1n) is 11.4. The van der Waals surface area contributed by atoms with Crippen LogP contribution in [0.4, 0.5) is 0 Å². The standard InChI is InChI=1S/C25H31N3O2S/c1-17(29)26-11-9-21(10-12-26)27-14-18-13-20(16-27)24-8-7-23(25(30)28(24)15-18)19-3-5-22(31-2)6-4-19/h3-8,18,20-21H,9-16H2,1-2H3/t18-,20+/m0/s1. The number of piperidine rings is 2. The molecule has 5 nitrogen and oxygen atoms in total. The van der Waals surface area contributed by atoms with E-state index >= 15 is 0 Å². The Morgan fingerprint density at radius 3 is 2.42 bits per heavy atom. The summed E-state index contributed by atoms with van der Waals surface area (Å²) in [6.45, 7) is 6.35. The Morgan fingerprint density at radius 1 is 1.00 bits per heavy atom. The van der Waals surface area contributed by atoms with Gasteiger partial charge in [-0.1, -0.05) is 12.1 Å². The van der Waals surface area contributed by atoms with Crippen LogP contribution in [0.5, 0.6) is 0 Å². The largest absolute Gasteiger partial charge is 0.343 e. The van der Waals surface area contributed by atoms with E-state index in [0.717, 1.165) is 56.7 Å². The van der Waals surface area contributed by atoms with Crippen LogP contribution in [-0.2, 0) is 11.3 Å². The zero-order chi connectivity index (χ0) is 21.5. The molecule has 0 unspecified atom stereocenters. The molecule has 4 heterocycles. The molecule has 2 saturated heterocycles. The molecular formula is C25H31N3O2S. The maximum atomic E-state index is 13.4. The first-order valence-corrected chi connectivity index (χ1v) is 12.6. The van der Waals surface area contributed by atoms with Crippen LogP contribution < -0.4 is 5.56 Å². The lowest BCUT2D eigenvalue weighted by Crippen LogP contribution is -2.53. The van der Waals surface area contributed by atoms with Crippen molar-refractivity contribution in [2.45, 2.75) is 49.6 Å². The molecule has 164 valence electrons. The third-order valence-electron chi connectivity index (χ3n) is 7.46. The second kappa shape index (κ2) is 8.47. The van der Waals surface area contributed by atoms with Gasteiger partial charge in [-0.05, 0) is 61.3 Å². The second-order valence-corrected chi connectivity index (χ2v) is 10.2. The van der Waals surface area contributed by atoms with Gasteiger partial charge in [0.1, 0.15) is 0 Å². The van der Waals surface area contributed by atoms with Gasteiger partial charge in [-0.15, -0.1) is 11.8 Å². The van der Waals surface area contributed by atoms with Gasteiger partial charge in [-0.25, -0.2) is 0 Å². The predicted octanol–water partition coefficient (Wildman–Crippen LogP) is 3.67. The van der Waals surface area contributed by atoms with E-state index in [0.29, 0.717) is 17.9 Å². The molecule has 2 aromatic rings. The minimum atomic E-state index is 0.160. The van der Waals surface area contributed by atoms with E-state index in [1.165, 1.54) is 17.0 Å². The van der Waals surface area contributed by atoms with E-state index in [4.69, 9.17) is 0 Å². The van der Waals surface area contributed by atoms with E-state index in [-0.39, 0.29) is 11.5 Å². The molecule has 2 bridgehead atoms. The van der Waals surface area contributed by atoms with Gasteiger partial charge in [0.25, 0.3) is 5.56 Å². The van der Waals surface area contributed by atoms with E-state index < -0.39 is 0 Å². The number of hydrogen-bond donors (Lipinski definition) is 0. The molecule has 1 aromatic heterocycles. The van der Waals surface area contributed by atoms with Crippen LogP contribution in [0.1, 0.15) is 37.8 Å². The summed E-state index contributed by atoms with van der Waals surface area (Å²) in [5.74, 6) is 1.16. The maximum absolute atomic E-state index is 13.4. The number of amides is 1. The number of benzene rings is 1. The number of nitrogens with zero attached hydrogens (tertiary/aromatic N) is 3. The third-order valence-corrected chi connectivity index (χ3v) is 8.20. The summed E-state index contributed by atoms with van der Waals surface area (Å²) in [7, 11) is 0. The Bertz CT molecular complexity index is 1020. The summed E-state index contributed by atoms with van der Waals surface area (Å²) in [5, 5.41) is 0. The van der Waals surface area contributed by atoms with Crippen LogP contribution in [0.15, 0.2) is 46.1 Å². The van der Waals surface area contributed by atoms with Gasteiger partial charge in [-0.2, -0.15) is 0 Å². The second-order valence-electron chi connectivity index (χ2n) is 9.31. The summed E-state index contributed by atoms with van der Waals surface area (Å²) < 4.78 is 2.06. The zero-order valence-electron chi connectivity index (χ0n) is 18.4. The quantitative estimate of drug-likeness (QED) is 0.688. The van der Waals surface area contributed by atoms with E-state index in [2.05, 4.69) is 46.1 Å². The summed E-state index contributed by atoms with van der Waals surface area (Å²) in [4.78, 5) is 30.9. The van der Waals surface area contributed by atoms with Crippen molar-refractivity contribution in [3.8, 4) is 11.1 Å². The van der Waals surface area contributed by atoms with Crippen molar-refractivity contribution < 1.29 is 4.79 Å². The van der Waals surface area contributed by atoms with Crippen LogP contribution >= 0.6 is 11.8 Å². The van der Waals surface area contributed by atoms with Crippen molar-refractivity contribution >= 4 is 17.7 Å². The molecule has 6 heteroatoms. The average molecular weight is 438 g/mol. The Labute approximate surface area is 188 Å². The van der Waals surface area contributed by atoms with E-state index in [9.17, 15) is 9.59 Å². The number of likely N-dealkylation sites (tertiary alicyclic amines) is 2. The number of thioether (sulfide) groups is 1. The molecule has 2 atom stereocenters. The summed E-state index contributed by atoms with van der Waals surface area (Å²) in [6, 6.07) is 13.1. The molecule has 0 spiro atoms. The zero-order valence-corrected chi connectivity index (χ0v) is 19.2. The van der Waals surface area contributed by atoms with Crippen molar-refractivity contribution in [1.82, 2.24) is 14.4 Å². The molecule has 0 radical (unpaired) electrons. The first kappa shape index (κ1) is 20.8. The number of hydrogen-bond acceptors (Lipinski definition) is 4. The van der Waals surface area contributed by atoms with Gasteiger partial charge in [0.15, 0.2) is 0 Å². The normalized spacial score (nSPS) is 24.1. The molecule has 2 fully saturated rings. The lowest BCUT2D eigenvalue weighted by molar-refractivity contribution is -0.130. The number of fused-ring (bicyclic) bond motifs is 4. The van der Waals surface area contributed by atoms with Crippen LogP contribution in [0.3, 0.4) is 0 Å². The number of pyridine rings is 1. The molecule has 3 aliphatic heterocycles. The minimum absolute atomic E-state index is 0.160. The Morgan fingerprint density at radius 2 is 1.74 bits per heavy atom. The van der Waals surface area contributed by atoms with Crippen LogP contribution in [0.2, 0.25) is 0 Å². The molecule has 0 saturated carbocycles. The fourth-order valence-corrected chi connectivity index (χ4v) is 6.23. The van der Waals surface area contributed by atoms with E-state index in [1.54, 1.807) is 18.7 Å². The Kier molecular flexibility index (Phi) is 5.69. The topological polar surface area (TPSA) is 45.6 Å². The molecule has 5 rings (SSSR count). The smallest absolute Gasteiger partial charge is 0.258 e. The lowest BCUT2D eigenvalue weighted by atomic mass is 9.81. The van der Waals surface area contributed by atoms with Gasteiger partial charge in [0, 0.05) is 67.8 Å². The maximum Gasteiger partial charge on any atom is 0.258 e. The van der Waals surface area contributed by atoms with Gasteiger partial charge in [-0.3, -0.25) is 14.5 Å². The molecule has 0 N–H and O–H groups in total. The molecule has 1 amide bonds. The monoisotopic (exact) mass is 437 g/mol. The highest BCUT2D eigenvalue weighted by Gasteiger charge is 2.38. The van der Waals surface area contributed by atoms with Crippen LogP contribution in [0, 0.1) is 5.92 Å². The number of carbonyl (C=O) groups excluding carboxylic acids is 1. The Hall–Kier alpha value is -2.05. The number of aromatic nitrogens is 1. The highest BCUT2D eigenvalue weighted by atomic mass is 32.2. The molecule has 1 aromatic carbocycles. The molecular weight excluding hydrogens is 406 g/mol. The lowest BCUT2D eigenvalue weighted by Gasteiger charge is -2.47. The highest BCUT2D eigenvalue weighted by molar-refractivity contribution is 7.98. The highest BCUT2D eigenvalue weighted by Crippen LogP contribution is 2.37. The van der Waals surface area contributed by atoms with Gasteiger partial charge in [0.2, 0.25) is 5.91 Å². The van der Waals surface area contributed by atoms with Crippen molar-refractivity contribution in [3.05, 3.63) is 52.4 Å². The Balaban J connectivity index is 1.36. The summed E-state index contributed by atoms with van der Waals surface area (Å²) in [5.41, 5.74) is 3.18. The number of rotatable bonds is 3. The fraction of sp³-hybridized carbons (Fsp3) is 0.520. The van der Waals surface area contributed by atoms with Crippen molar-refractivity contribution in [1.29, 1.82) is 0 Å². The minimum Gasteiger partial charge on any atom is -0.343 e. The van der Waals surface area contributed by atoms with Gasteiger partial charge in [0.05, 0.1) is 0 Å². The van der Waals surface area contributed by atoms with Crippen molar-refractivity contribution in [2.24, 2.45) is 5.92 Å². The van der Waals surface area contributed by atoms with Crippen LogP contribution in [-0.4, -0.2) is 58.8 Å². The first-order chi connectivity index (χ1) is 15.0. The van der Waals surface area contributed by atoms with Gasteiger partial charge >= 0.3 is 0 Å². The van der Waals surface area contributed by atoms with Crippen LogP contribution in [0.25, 0.3) is 11.1 Å². The SMILES string of the molecule is CSc1ccc(-c2ccc3n(c2=O)C[C@H]2C[C@@H]3CN(C3CCN(C(C)=O)CC3)C2)cc1. The summed E-state index contributed by atoms with van der Waals surface area (Å²) in [6.07, 6.45) is 5.38. The summed E-state index contributed by atoms with van der Waals surface area (Å²) >= 11 is 1.72. The molecule has 3 aliphatic rings. The van der Waals surface area contributed by atoms with Crippen molar-refractivity contribution in [2.75, 3.05) is 32.4 Å². The molecule has 31 heavy (non-hydrogen) atoms. The number of carbonyl (C=O) groups is 1. The molecule has 0 aliphatic carbocycles. The third kappa shape index (κ3) is 3.96. The fourth-order valence-electron chi connectivity index (χ4n) is 5.82. The van der Waals surface area contributed by atoms with Crippen molar-refractivity contribution in [3.63, 3.8) is 0 Å². The van der Waals surface area contributed by atoms with E-state index in [1.807, 2.05) is 11.0 Å². The van der Waals surface area contributed by atoms with Gasteiger partial charge < -0.3 is 9.47 Å². The predicted molar refractivity (Wildman–Crippen MR) is 126 cm³/mol.